The average molecular weight is 171 g/mol. The highest BCUT2D eigenvalue weighted by Crippen LogP contribution is 2.29. The fraction of sp³-hybridized carbons (Fsp3) is 1.00. The number of hydrogen-bond acceptors (Lipinski definition) is 1. The Hall–Kier alpha value is 0.177. The van der Waals surface area contributed by atoms with Gasteiger partial charge in [0.25, 0.3) is 0 Å². The Balaban J connectivity index is 2.51. The maximum absolute atomic E-state index is 2.76. The van der Waals surface area contributed by atoms with Crippen LogP contribution in [0, 0.1) is 5.92 Å². The zero-order chi connectivity index (χ0) is 8.48. The first-order valence-corrected chi connectivity index (χ1v) is 7.96. The molecule has 0 aromatic heterocycles. The second-order valence-corrected chi connectivity index (χ2v) is 9.23. The van der Waals surface area contributed by atoms with Crippen molar-refractivity contribution in [2.24, 2.45) is 5.92 Å². The molecule has 66 valence electrons. The van der Waals surface area contributed by atoms with Crippen molar-refractivity contribution in [3.05, 3.63) is 0 Å². The Morgan fingerprint density at radius 1 is 1.45 bits per heavy atom. The molecule has 0 amide bonds. The predicted octanol–water partition coefficient (Wildman–Crippen LogP) is 2.55. The van der Waals surface area contributed by atoms with Crippen molar-refractivity contribution in [3.8, 4) is 0 Å². The molecule has 1 saturated heterocycles. The molecule has 0 radical (unpaired) electrons. The monoisotopic (exact) mass is 171 g/mol. The van der Waals surface area contributed by atoms with Gasteiger partial charge in [0.05, 0.1) is 0 Å². The van der Waals surface area contributed by atoms with E-state index in [1.807, 2.05) is 0 Å². The third-order valence-corrected chi connectivity index (χ3v) is 6.54. The first-order valence-electron chi connectivity index (χ1n) is 4.81. The van der Waals surface area contributed by atoms with E-state index in [1.54, 1.807) is 0 Å². The van der Waals surface area contributed by atoms with E-state index in [4.69, 9.17) is 0 Å². The van der Waals surface area contributed by atoms with Crippen LogP contribution in [0.25, 0.3) is 0 Å². The van der Waals surface area contributed by atoms with E-state index in [1.165, 1.54) is 25.6 Å². The van der Waals surface area contributed by atoms with Gasteiger partial charge in [-0.05, 0) is 31.5 Å². The molecule has 0 aromatic carbocycles. The van der Waals surface area contributed by atoms with E-state index in [0.29, 0.717) is 0 Å². The molecule has 11 heavy (non-hydrogen) atoms. The van der Waals surface area contributed by atoms with Crippen LogP contribution in [0.15, 0.2) is 0 Å². The molecule has 0 bridgehead atoms. The summed E-state index contributed by atoms with van der Waals surface area (Å²) in [6.07, 6.45) is 1.32. The summed E-state index contributed by atoms with van der Waals surface area (Å²) in [6, 6.07) is 1.51. The SMILES string of the molecule is CCCN1CC(C)C[Si]1(C)C. The molecule has 0 aromatic rings. The maximum Gasteiger partial charge on any atom is 0.122 e. The van der Waals surface area contributed by atoms with Crippen molar-refractivity contribution in [2.75, 3.05) is 13.1 Å². The predicted molar refractivity (Wildman–Crippen MR) is 53.3 cm³/mol. The van der Waals surface area contributed by atoms with Crippen molar-refractivity contribution in [1.29, 1.82) is 0 Å². The lowest BCUT2D eigenvalue weighted by Crippen LogP contribution is -2.43. The van der Waals surface area contributed by atoms with Crippen LogP contribution in [0.2, 0.25) is 19.1 Å². The molecular formula is C9H21NSi. The van der Waals surface area contributed by atoms with Gasteiger partial charge in [0.1, 0.15) is 8.24 Å². The molecule has 1 aliphatic heterocycles. The largest absolute Gasteiger partial charge is 0.323 e. The van der Waals surface area contributed by atoms with Gasteiger partial charge in [-0.15, -0.1) is 0 Å². The second kappa shape index (κ2) is 3.28. The van der Waals surface area contributed by atoms with Gasteiger partial charge < -0.3 is 4.57 Å². The smallest absolute Gasteiger partial charge is 0.122 e. The summed E-state index contributed by atoms with van der Waals surface area (Å²) in [7, 11) is -0.920. The Morgan fingerprint density at radius 3 is 2.45 bits per heavy atom. The average Bonchev–Trinajstić information content (AvgIpc) is 2.07. The summed E-state index contributed by atoms with van der Waals surface area (Å²) in [5.41, 5.74) is 0. The molecule has 1 unspecified atom stereocenters. The molecule has 2 heteroatoms. The molecule has 1 fully saturated rings. The van der Waals surface area contributed by atoms with Crippen LogP contribution in [-0.4, -0.2) is 25.9 Å². The topological polar surface area (TPSA) is 3.24 Å². The van der Waals surface area contributed by atoms with E-state index in [2.05, 4.69) is 31.5 Å². The van der Waals surface area contributed by atoms with Crippen LogP contribution < -0.4 is 0 Å². The molecule has 1 atom stereocenters. The highest BCUT2D eigenvalue weighted by Gasteiger charge is 2.37. The summed E-state index contributed by atoms with van der Waals surface area (Å²) >= 11 is 0. The van der Waals surface area contributed by atoms with E-state index in [-0.39, 0.29) is 0 Å². The van der Waals surface area contributed by atoms with Gasteiger partial charge in [0.2, 0.25) is 0 Å². The van der Waals surface area contributed by atoms with Gasteiger partial charge in [-0.25, -0.2) is 0 Å². The minimum absolute atomic E-state index is 0.920. The first kappa shape index (κ1) is 9.27. The Labute approximate surface area is 71.9 Å². The lowest BCUT2D eigenvalue weighted by molar-refractivity contribution is 0.417. The van der Waals surface area contributed by atoms with Crippen LogP contribution in [-0.2, 0) is 0 Å². The van der Waals surface area contributed by atoms with Crippen LogP contribution in [0.3, 0.4) is 0 Å². The molecule has 0 spiro atoms. The standard InChI is InChI=1S/C9H21NSi/c1-5-6-10-7-9(2)8-11(10,3)4/h9H,5-8H2,1-4H3. The molecular weight excluding hydrogens is 150 g/mol. The first-order chi connectivity index (χ1) is 5.06. The maximum atomic E-state index is 2.76. The molecule has 1 nitrogen and oxygen atoms in total. The molecule has 1 aliphatic rings. The number of rotatable bonds is 2. The van der Waals surface area contributed by atoms with Crippen LogP contribution in [0.5, 0.6) is 0 Å². The summed E-state index contributed by atoms with van der Waals surface area (Å²) in [5, 5.41) is 0. The van der Waals surface area contributed by atoms with Crippen molar-refractivity contribution in [1.82, 2.24) is 4.57 Å². The zero-order valence-corrected chi connectivity index (χ0v) is 9.35. The minimum atomic E-state index is -0.920. The number of hydrogen-bond donors (Lipinski definition) is 0. The van der Waals surface area contributed by atoms with Crippen molar-refractivity contribution in [3.63, 3.8) is 0 Å². The summed E-state index contributed by atoms with van der Waals surface area (Å²) in [6.45, 7) is 12.4. The van der Waals surface area contributed by atoms with Crippen molar-refractivity contribution < 1.29 is 0 Å². The molecule has 1 heterocycles. The van der Waals surface area contributed by atoms with Gasteiger partial charge in [0.15, 0.2) is 0 Å². The quantitative estimate of drug-likeness (QED) is 0.577. The summed E-state index contributed by atoms with van der Waals surface area (Å²) < 4.78 is 2.76. The van der Waals surface area contributed by atoms with Crippen LogP contribution >= 0.6 is 0 Å². The molecule has 0 aliphatic carbocycles. The van der Waals surface area contributed by atoms with Crippen molar-refractivity contribution in [2.45, 2.75) is 39.4 Å². The number of nitrogens with zero attached hydrogens (tertiary/aromatic N) is 1. The van der Waals surface area contributed by atoms with Gasteiger partial charge in [-0.3, -0.25) is 0 Å². The minimum Gasteiger partial charge on any atom is -0.323 e. The highest BCUT2D eigenvalue weighted by atomic mass is 28.3. The van der Waals surface area contributed by atoms with Gasteiger partial charge in [-0.2, -0.15) is 0 Å². The third kappa shape index (κ3) is 2.06. The molecule has 1 rings (SSSR count). The Bertz CT molecular complexity index is 134. The van der Waals surface area contributed by atoms with E-state index in [0.717, 1.165) is 5.92 Å². The fourth-order valence-corrected chi connectivity index (χ4v) is 6.06. The Kier molecular flexibility index (Phi) is 2.76. The van der Waals surface area contributed by atoms with Gasteiger partial charge >= 0.3 is 0 Å². The second-order valence-electron chi connectivity index (χ2n) is 4.57. The normalized spacial score (nSPS) is 31.1. The van der Waals surface area contributed by atoms with Crippen LogP contribution in [0.1, 0.15) is 20.3 Å². The van der Waals surface area contributed by atoms with E-state index in [9.17, 15) is 0 Å². The molecule has 0 N–H and O–H groups in total. The zero-order valence-electron chi connectivity index (χ0n) is 8.35. The lowest BCUT2D eigenvalue weighted by atomic mass is 10.2. The third-order valence-electron chi connectivity index (χ3n) is 2.73. The van der Waals surface area contributed by atoms with Crippen LogP contribution in [0.4, 0.5) is 0 Å². The van der Waals surface area contributed by atoms with E-state index >= 15 is 0 Å². The summed E-state index contributed by atoms with van der Waals surface area (Å²) in [4.78, 5) is 0. The van der Waals surface area contributed by atoms with Gasteiger partial charge in [-0.1, -0.05) is 26.9 Å². The van der Waals surface area contributed by atoms with E-state index < -0.39 is 8.24 Å². The summed E-state index contributed by atoms with van der Waals surface area (Å²) in [5.74, 6) is 0.961. The highest BCUT2D eigenvalue weighted by molar-refractivity contribution is 6.75. The lowest BCUT2D eigenvalue weighted by Gasteiger charge is -2.28. The van der Waals surface area contributed by atoms with Crippen molar-refractivity contribution >= 4 is 8.24 Å². The van der Waals surface area contributed by atoms with Gasteiger partial charge in [0, 0.05) is 0 Å². The Morgan fingerprint density at radius 2 is 2.09 bits per heavy atom. The molecule has 0 saturated carbocycles. The fourth-order valence-electron chi connectivity index (χ4n) is 2.33.